The Hall–Kier alpha value is -2.62. The van der Waals surface area contributed by atoms with Gasteiger partial charge >= 0.3 is 0 Å². The Morgan fingerprint density at radius 1 is 0.966 bits per heavy atom. The van der Waals surface area contributed by atoms with Crippen LogP contribution in [0.25, 0.3) is 0 Å². The third-order valence-corrected chi connectivity index (χ3v) is 4.83. The summed E-state index contributed by atoms with van der Waals surface area (Å²) in [5, 5.41) is 3.04. The average molecular weight is 395 g/mol. The van der Waals surface area contributed by atoms with Crippen molar-refractivity contribution in [1.82, 2.24) is 10.2 Å². The molecule has 0 unspecified atom stereocenters. The van der Waals surface area contributed by atoms with Gasteiger partial charge in [0.25, 0.3) is 0 Å². The van der Waals surface area contributed by atoms with E-state index < -0.39 is 6.04 Å². The van der Waals surface area contributed by atoms with E-state index in [9.17, 15) is 9.59 Å². The molecular weight excluding hydrogens is 360 g/mol. The largest absolute Gasteiger partial charge is 0.350 e. The highest BCUT2D eigenvalue weighted by atomic mass is 16.2. The van der Waals surface area contributed by atoms with Crippen LogP contribution >= 0.6 is 0 Å². The van der Waals surface area contributed by atoms with Crippen molar-refractivity contribution in [1.29, 1.82) is 0 Å². The summed E-state index contributed by atoms with van der Waals surface area (Å²) in [6.45, 7) is 10.3. The lowest BCUT2D eigenvalue weighted by Crippen LogP contribution is -2.53. The Morgan fingerprint density at radius 2 is 1.59 bits per heavy atom. The van der Waals surface area contributed by atoms with Gasteiger partial charge in [-0.05, 0) is 51.7 Å². The van der Waals surface area contributed by atoms with Crippen LogP contribution in [0.2, 0.25) is 0 Å². The number of nitrogens with zero attached hydrogens (tertiary/aromatic N) is 1. The van der Waals surface area contributed by atoms with Gasteiger partial charge in [0.05, 0.1) is 0 Å². The zero-order valence-corrected chi connectivity index (χ0v) is 18.4. The van der Waals surface area contributed by atoms with Gasteiger partial charge in [0.15, 0.2) is 0 Å². The van der Waals surface area contributed by atoms with Gasteiger partial charge in [-0.15, -0.1) is 0 Å². The Kier molecular flexibility index (Phi) is 8.00. The lowest BCUT2D eigenvalue weighted by atomic mass is 10.0. The SMILES string of the molecule is CC[C@@H](C(=O)NC(C)(C)C)N(Cc1ccc(C)cc1)C(=O)CCc1ccccc1. The van der Waals surface area contributed by atoms with E-state index in [1.165, 1.54) is 5.56 Å². The second-order valence-corrected chi connectivity index (χ2v) is 8.66. The van der Waals surface area contributed by atoms with Crippen LogP contribution in [0, 0.1) is 6.92 Å². The molecule has 2 amide bonds. The van der Waals surface area contributed by atoms with Crippen LogP contribution in [0.4, 0.5) is 0 Å². The maximum Gasteiger partial charge on any atom is 0.243 e. The van der Waals surface area contributed by atoms with Crippen LogP contribution in [-0.2, 0) is 22.6 Å². The van der Waals surface area contributed by atoms with Crippen LogP contribution in [0.1, 0.15) is 57.2 Å². The van der Waals surface area contributed by atoms with Gasteiger partial charge in [0.1, 0.15) is 6.04 Å². The molecular formula is C25H34N2O2. The maximum atomic E-state index is 13.2. The lowest BCUT2D eigenvalue weighted by molar-refractivity contribution is -0.142. The topological polar surface area (TPSA) is 49.4 Å². The molecule has 2 rings (SSSR count). The lowest BCUT2D eigenvalue weighted by Gasteiger charge is -2.33. The van der Waals surface area contributed by atoms with Gasteiger partial charge < -0.3 is 10.2 Å². The summed E-state index contributed by atoms with van der Waals surface area (Å²) >= 11 is 0. The summed E-state index contributed by atoms with van der Waals surface area (Å²) in [6.07, 6.45) is 1.63. The molecule has 0 aliphatic rings. The van der Waals surface area contributed by atoms with Gasteiger partial charge in [-0.3, -0.25) is 9.59 Å². The van der Waals surface area contributed by atoms with Gasteiger partial charge in [-0.2, -0.15) is 0 Å². The quantitative estimate of drug-likeness (QED) is 0.708. The molecule has 0 saturated carbocycles. The van der Waals surface area contributed by atoms with Crippen LogP contribution in [0.15, 0.2) is 54.6 Å². The fourth-order valence-corrected chi connectivity index (χ4v) is 3.30. The van der Waals surface area contributed by atoms with Crippen molar-refractivity contribution < 1.29 is 9.59 Å². The zero-order valence-electron chi connectivity index (χ0n) is 18.4. The molecule has 0 radical (unpaired) electrons. The van der Waals surface area contributed by atoms with Crippen LogP contribution in [0.5, 0.6) is 0 Å². The molecule has 0 spiro atoms. The molecule has 0 saturated heterocycles. The Bertz CT molecular complexity index is 792. The minimum absolute atomic E-state index is 0.00494. The van der Waals surface area contributed by atoms with Crippen LogP contribution < -0.4 is 5.32 Å². The maximum absolute atomic E-state index is 13.2. The molecule has 4 heteroatoms. The molecule has 0 aliphatic carbocycles. The number of hydrogen-bond donors (Lipinski definition) is 1. The monoisotopic (exact) mass is 394 g/mol. The van der Waals surface area contributed by atoms with Crippen molar-refractivity contribution in [3.63, 3.8) is 0 Å². The van der Waals surface area contributed by atoms with E-state index in [-0.39, 0.29) is 17.4 Å². The highest BCUT2D eigenvalue weighted by molar-refractivity contribution is 5.88. The first kappa shape index (κ1) is 22.7. The summed E-state index contributed by atoms with van der Waals surface area (Å²) in [6, 6.07) is 17.6. The first-order valence-electron chi connectivity index (χ1n) is 10.4. The minimum atomic E-state index is -0.487. The number of carbonyl (C=O) groups excluding carboxylic acids is 2. The van der Waals surface area contributed by atoms with Crippen molar-refractivity contribution >= 4 is 11.8 Å². The first-order chi connectivity index (χ1) is 13.7. The number of hydrogen-bond acceptors (Lipinski definition) is 2. The number of nitrogens with one attached hydrogen (secondary N) is 1. The number of aryl methyl sites for hydroxylation is 2. The van der Waals surface area contributed by atoms with E-state index >= 15 is 0 Å². The second-order valence-electron chi connectivity index (χ2n) is 8.66. The number of rotatable bonds is 8. The van der Waals surface area contributed by atoms with Gasteiger partial charge in [0.2, 0.25) is 11.8 Å². The summed E-state index contributed by atoms with van der Waals surface area (Å²) in [5.41, 5.74) is 3.00. The smallest absolute Gasteiger partial charge is 0.243 e. The number of amides is 2. The fraction of sp³-hybridized carbons (Fsp3) is 0.440. The first-order valence-corrected chi connectivity index (χ1v) is 10.4. The summed E-state index contributed by atoms with van der Waals surface area (Å²) < 4.78 is 0. The van der Waals surface area contributed by atoms with E-state index in [4.69, 9.17) is 0 Å². The number of benzene rings is 2. The molecule has 0 aromatic heterocycles. The van der Waals surface area contributed by atoms with Crippen LogP contribution in [-0.4, -0.2) is 28.3 Å². The molecule has 29 heavy (non-hydrogen) atoms. The van der Waals surface area contributed by atoms with Crippen molar-refractivity contribution in [3.8, 4) is 0 Å². The third-order valence-electron chi connectivity index (χ3n) is 4.83. The van der Waals surface area contributed by atoms with E-state index in [0.717, 1.165) is 11.1 Å². The van der Waals surface area contributed by atoms with Crippen molar-refractivity contribution in [2.24, 2.45) is 0 Å². The molecule has 0 fully saturated rings. The molecule has 1 N–H and O–H groups in total. The Labute approximate surface area is 175 Å². The van der Waals surface area contributed by atoms with Gasteiger partial charge in [0, 0.05) is 18.5 Å². The highest BCUT2D eigenvalue weighted by Crippen LogP contribution is 2.16. The van der Waals surface area contributed by atoms with Gasteiger partial charge in [-0.25, -0.2) is 0 Å². The molecule has 2 aromatic rings. The van der Waals surface area contributed by atoms with Crippen molar-refractivity contribution in [2.45, 2.75) is 72.0 Å². The molecule has 2 aromatic carbocycles. The Balaban J connectivity index is 2.21. The highest BCUT2D eigenvalue weighted by Gasteiger charge is 2.30. The number of carbonyl (C=O) groups is 2. The molecule has 0 bridgehead atoms. The van der Waals surface area contributed by atoms with E-state index in [1.807, 2.05) is 89.2 Å². The average Bonchev–Trinajstić information content (AvgIpc) is 2.67. The molecule has 1 atom stereocenters. The molecule has 0 aliphatic heterocycles. The normalized spacial score (nSPS) is 12.3. The Morgan fingerprint density at radius 3 is 2.14 bits per heavy atom. The summed E-state index contributed by atoms with van der Waals surface area (Å²) in [4.78, 5) is 27.9. The molecule has 4 nitrogen and oxygen atoms in total. The van der Waals surface area contributed by atoms with Gasteiger partial charge in [-0.1, -0.05) is 67.1 Å². The summed E-state index contributed by atoms with van der Waals surface area (Å²) in [7, 11) is 0. The van der Waals surface area contributed by atoms with E-state index in [0.29, 0.717) is 25.8 Å². The second kappa shape index (κ2) is 10.2. The summed E-state index contributed by atoms with van der Waals surface area (Å²) in [5.74, 6) is -0.0921. The molecule has 0 heterocycles. The van der Waals surface area contributed by atoms with E-state index in [1.54, 1.807) is 4.90 Å². The predicted octanol–water partition coefficient (Wildman–Crippen LogP) is 4.65. The van der Waals surface area contributed by atoms with Crippen molar-refractivity contribution in [3.05, 3.63) is 71.3 Å². The van der Waals surface area contributed by atoms with E-state index in [2.05, 4.69) is 5.32 Å². The minimum Gasteiger partial charge on any atom is -0.350 e. The van der Waals surface area contributed by atoms with Crippen LogP contribution in [0.3, 0.4) is 0 Å². The van der Waals surface area contributed by atoms with Crippen molar-refractivity contribution in [2.75, 3.05) is 0 Å². The fourth-order valence-electron chi connectivity index (χ4n) is 3.30. The third kappa shape index (κ3) is 7.37. The molecule has 156 valence electrons. The predicted molar refractivity (Wildman–Crippen MR) is 118 cm³/mol. The standard InChI is InChI=1S/C25H34N2O2/c1-6-22(24(29)26-25(3,4)5)27(18-21-14-12-19(2)13-15-21)23(28)17-16-20-10-8-7-9-11-20/h7-15,22H,6,16-18H2,1-5H3,(H,26,29)/t22-/m0/s1. The zero-order chi connectivity index (χ0) is 21.4.